The van der Waals surface area contributed by atoms with Gasteiger partial charge in [0.15, 0.2) is 0 Å². The van der Waals surface area contributed by atoms with E-state index in [1.807, 2.05) is 13.8 Å². The summed E-state index contributed by atoms with van der Waals surface area (Å²) in [6.07, 6.45) is 4.14. The lowest BCUT2D eigenvalue weighted by Crippen LogP contribution is -2.49. The van der Waals surface area contributed by atoms with Crippen LogP contribution in [0.25, 0.3) is 0 Å². The van der Waals surface area contributed by atoms with Crippen molar-refractivity contribution in [3.63, 3.8) is 0 Å². The summed E-state index contributed by atoms with van der Waals surface area (Å²) in [5.41, 5.74) is 0. The maximum Gasteiger partial charge on any atom is 0.321 e. The molecule has 120 valence electrons. The van der Waals surface area contributed by atoms with Crippen LogP contribution in [0.1, 0.15) is 39.5 Å². The lowest BCUT2D eigenvalue weighted by Gasteiger charge is -2.24. The van der Waals surface area contributed by atoms with Gasteiger partial charge in [-0.1, -0.05) is 12.8 Å². The third kappa shape index (κ3) is 6.57. The van der Waals surface area contributed by atoms with Crippen LogP contribution in [0.4, 0.5) is 4.79 Å². The van der Waals surface area contributed by atoms with Gasteiger partial charge in [0, 0.05) is 12.1 Å². The Balaban J connectivity index is 2.38. The third-order valence-electron chi connectivity index (χ3n) is 3.58. The molecule has 0 aromatic carbocycles. The van der Waals surface area contributed by atoms with E-state index < -0.39 is 17.9 Å². The van der Waals surface area contributed by atoms with E-state index in [-0.39, 0.29) is 25.2 Å². The van der Waals surface area contributed by atoms with Crippen LogP contribution in [-0.4, -0.2) is 55.1 Å². The molecule has 21 heavy (non-hydrogen) atoms. The van der Waals surface area contributed by atoms with Crippen molar-refractivity contribution in [2.45, 2.75) is 51.6 Å². The van der Waals surface area contributed by atoms with Gasteiger partial charge in [-0.2, -0.15) is 0 Å². The molecule has 0 radical (unpaired) electrons. The highest BCUT2D eigenvalue weighted by molar-refractivity contribution is 5.95. The third-order valence-corrected chi connectivity index (χ3v) is 3.58. The molecule has 1 fully saturated rings. The fraction of sp³-hybridized carbons (Fsp3) is 0.786. The summed E-state index contributed by atoms with van der Waals surface area (Å²) in [5.74, 6) is -0.838. The van der Waals surface area contributed by atoms with Crippen molar-refractivity contribution >= 4 is 17.9 Å². The first-order chi connectivity index (χ1) is 9.92. The summed E-state index contributed by atoms with van der Waals surface area (Å²) in [4.78, 5) is 36.5. The lowest BCUT2D eigenvalue weighted by atomic mass is 10.2. The van der Waals surface area contributed by atoms with Gasteiger partial charge in [-0.25, -0.2) is 4.79 Å². The molecule has 0 aromatic heterocycles. The van der Waals surface area contributed by atoms with Crippen LogP contribution in [0.2, 0.25) is 0 Å². The number of ether oxygens (including phenoxy) is 1. The molecule has 0 unspecified atom stereocenters. The zero-order chi connectivity index (χ0) is 15.8. The smallest absolute Gasteiger partial charge is 0.321 e. The van der Waals surface area contributed by atoms with Crippen molar-refractivity contribution in [2.24, 2.45) is 0 Å². The highest BCUT2D eigenvalue weighted by atomic mass is 16.5. The number of esters is 1. The number of nitrogens with zero attached hydrogens (tertiary/aromatic N) is 1. The standard InChI is InChI=1S/C14H25N3O4/c1-10(2)17(9-13(19)21-3)8-12(18)16-14(20)15-11-6-4-5-7-11/h10-11H,4-9H2,1-3H3,(H2,15,16,18,20). The maximum absolute atomic E-state index is 11.8. The second kappa shape index (κ2) is 8.61. The van der Waals surface area contributed by atoms with Crippen molar-refractivity contribution < 1.29 is 19.1 Å². The largest absolute Gasteiger partial charge is 0.468 e. The van der Waals surface area contributed by atoms with Gasteiger partial charge in [0.25, 0.3) is 0 Å². The van der Waals surface area contributed by atoms with Gasteiger partial charge in [-0.15, -0.1) is 0 Å². The average molecular weight is 299 g/mol. The predicted molar refractivity (Wildman–Crippen MR) is 77.7 cm³/mol. The van der Waals surface area contributed by atoms with Gasteiger partial charge < -0.3 is 10.1 Å². The predicted octanol–water partition coefficient (Wildman–Crippen LogP) is 0.638. The number of imide groups is 1. The number of hydrogen-bond donors (Lipinski definition) is 2. The zero-order valence-corrected chi connectivity index (χ0v) is 13.0. The molecular formula is C14H25N3O4. The van der Waals surface area contributed by atoms with Gasteiger partial charge in [0.1, 0.15) is 0 Å². The van der Waals surface area contributed by atoms with E-state index in [0.717, 1.165) is 25.7 Å². The Morgan fingerprint density at radius 1 is 1.19 bits per heavy atom. The first-order valence-corrected chi connectivity index (χ1v) is 7.33. The molecule has 7 heteroatoms. The summed E-state index contributed by atoms with van der Waals surface area (Å²) >= 11 is 0. The summed E-state index contributed by atoms with van der Waals surface area (Å²) in [6.45, 7) is 3.74. The normalized spacial score (nSPS) is 15.3. The minimum atomic E-state index is -0.464. The van der Waals surface area contributed by atoms with E-state index in [1.165, 1.54) is 7.11 Å². The number of nitrogens with one attached hydrogen (secondary N) is 2. The van der Waals surface area contributed by atoms with E-state index in [0.29, 0.717) is 0 Å². The number of urea groups is 1. The van der Waals surface area contributed by atoms with Gasteiger partial charge in [-0.3, -0.25) is 19.8 Å². The van der Waals surface area contributed by atoms with Gasteiger partial charge in [0.2, 0.25) is 5.91 Å². The molecule has 7 nitrogen and oxygen atoms in total. The van der Waals surface area contributed by atoms with Crippen LogP contribution in [-0.2, 0) is 14.3 Å². The molecule has 0 spiro atoms. The van der Waals surface area contributed by atoms with Crippen LogP contribution >= 0.6 is 0 Å². The van der Waals surface area contributed by atoms with Crippen LogP contribution in [0, 0.1) is 0 Å². The summed E-state index contributed by atoms with van der Waals surface area (Å²) in [7, 11) is 1.30. The van der Waals surface area contributed by atoms with E-state index >= 15 is 0 Å². The Labute approximate surface area is 125 Å². The highest BCUT2D eigenvalue weighted by Gasteiger charge is 2.21. The monoisotopic (exact) mass is 299 g/mol. The maximum atomic E-state index is 11.8. The fourth-order valence-corrected chi connectivity index (χ4v) is 2.29. The van der Waals surface area contributed by atoms with Crippen molar-refractivity contribution in [1.29, 1.82) is 0 Å². The van der Waals surface area contributed by atoms with Crippen molar-refractivity contribution in [3.05, 3.63) is 0 Å². The molecule has 3 amide bonds. The zero-order valence-electron chi connectivity index (χ0n) is 13.0. The van der Waals surface area contributed by atoms with E-state index in [9.17, 15) is 14.4 Å². The number of rotatable bonds is 6. The molecule has 0 aliphatic heterocycles. The minimum Gasteiger partial charge on any atom is -0.468 e. The second-order valence-electron chi connectivity index (χ2n) is 5.58. The molecule has 0 aromatic rings. The number of carbonyl (C=O) groups excluding carboxylic acids is 3. The number of hydrogen-bond acceptors (Lipinski definition) is 5. The first-order valence-electron chi connectivity index (χ1n) is 7.33. The Bertz CT molecular complexity index is 378. The van der Waals surface area contributed by atoms with Crippen LogP contribution in [0.15, 0.2) is 0 Å². The Morgan fingerprint density at radius 2 is 1.81 bits per heavy atom. The molecule has 1 aliphatic rings. The molecule has 1 rings (SSSR count). The summed E-state index contributed by atoms with van der Waals surface area (Å²) in [6, 6.07) is -0.310. The van der Waals surface area contributed by atoms with E-state index in [1.54, 1.807) is 4.90 Å². The van der Waals surface area contributed by atoms with Gasteiger partial charge in [0.05, 0.1) is 20.2 Å². The van der Waals surface area contributed by atoms with E-state index in [2.05, 4.69) is 15.4 Å². The first kappa shape index (κ1) is 17.4. The number of amides is 3. The quantitative estimate of drug-likeness (QED) is 0.703. The van der Waals surface area contributed by atoms with Gasteiger partial charge in [-0.05, 0) is 26.7 Å². The van der Waals surface area contributed by atoms with Crippen LogP contribution in [0.5, 0.6) is 0 Å². The van der Waals surface area contributed by atoms with Crippen molar-refractivity contribution in [2.75, 3.05) is 20.2 Å². The second-order valence-corrected chi connectivity index (χ2v) is 5.58. The lowest BCUT2D eigenvalue weighted by molar-refractivity contribution is -0.142. The Morgan fingerprint density at radius 3 is 2.33 bits per heavy atom. The summed E-state index contributed by atoms with van der Waals surface area (Å²) < 4.78 is 4.59. The SMILES string of the molecule is COC(=O)CN(CC(=O)NC(=O)NC1CCCC1)C(C)C. The summed E-state index contributed by atoms with van der Waals surface area (Å²) in [5, 5.41) is 5.08. The average Bonchev–Trinajstić information content (AvgIpc) is 2.89. The van der Waals surface area contributed by atoms with Crippen molar-refractivity contribution in [1.82, 2.24) is 15.5 Å². The van der Waals surface area contributed by atoms with E-state index in [4.69, 9.17) is 0 Å². The van der Waals surface area contributed by atoms with Crippen LogP contribution < -0.4 is 10.6 Å². The number of methoxy groups -OCH3 is 1. The molecule has 1 aliphatic carbocycles. The highest BCUT2D eigenvalue weighted by Crippen LogP contribution is 2.17. The molecule has 1 saturated carbocycles. The molecule has 2 N–H and O–H groups in total. The molecule has 0 bridgehead atoms. The fourth-order valence-electron chi connectivity index (χ4n) is 2.29. The Kier molecular flexibility index (Phi) is 7.14. The topological polar surface area (TPSA) is 87.7 Å². The van der Waals surface area contributed by atoms with Crippen LogP contribution in [0.3, 0.4) is 0 Å². The Hall–Kier alpha value is -1.63. The minimum absolute atomic E-state index is 0.00672. The molecule has 0 saturated heterocycles. The van der Waals surface area contributed by atoms with Gasteiger partial charge >= 0.3 is 12.0 Å². The number of carbonyl (C=O) groups is 3. The molecular weight excluding hydrogens is 274 g/mol. The molecule has 0 atom stereocenters. The van der Waals surface area contributed by atoms with Crippen molar-refractivity contribution in [3.8, 4) is 0 Å². The molecule has 0 heterocycles.